The first-order chi connectivity index (χ1) is 39.9. The fraction of sp³-hybridized carbons (Fsp3) is 0.300. The molecule has 4 aromatic carbocycles. The van der Waals surface area contributed by atoms with Crippen molar-refractivity contribution in [2.24, 2.45) is 0 Å². The van der Waals surface area contributed by atoms with E-state index in [4.69, 9.17) is 19.4 Å². The van der Waals surface area contributed by atoms with Gasteiger partial charge in [-0.05, 0) is 113 Å². The van der Waals surface area contributed by atoms with Crippen molar-refractivity contribution in [3.63, 3.8) is 0 Å². The van der Waals surface area contributed by atoms with Gasteiger partial charge in [0.2, 0.25) is 35.5 Å². The standard InChI is InChI=1S/C31H35FN8O2.C29H31FN8O2/c1-3-27(41)34-21-8-7-9-23(18-21)42-30-28-26(39-12-5-4-6-13-39)20-33-29(28)36-31(37-30)35-22-10-11-25(24(32)19-22)40-16-14-38(2)15-17-40;1-3-25(39)32-19-6-4-7-21(16-19)40-28-26-24(37-10-5-11-37)18-31-27(26)34-29(35-28)33-20-8-9-23(22(30)17-20)38-14-12-36(2)13-15-38/h3,7-11,18-20H,1,4-6,12-17H2,2H3,(H,34,41)(H2,33,35,36,37);3-4,6-9,16-18H,1,5,10-15H2,2H3,(H,32,39)(H2,31,33,34,35). The summed E-state index contributed by atoms with van der Waals surface area (Å²) >= 11 is 0. The van der Waals surface area contributed by atoms with Crippen LogP contribution in [-0.2, 0) is 9.59 Å². The molecule has 0 spiro atoms. The lowest BCUT2D eigenvalue weighted by Gasteiger charge is -2.34. The monoisotopic (exact) mass is 1110 g/mol. The Bertz CT molecular complexity index is 3620. The zero-order valence-electron chi connectivity index (χ0n) is 46.0. The smallest absolute Gasteiger partial charge is 0.247 e. The number of hydrogen-bond acceptors (Lipinski definition) is 16. The molecule has 20 nitrogen and oxygen atoms in total. The van der Waals surface area contributed by atoms with Gasteiger partial charge in [-0.2, -0.15) is 19.9 Å². The Balaban J connectivity index is 0.000000172. The number of benzene rings is 4. The third-order valence-electron chi connectivity index (χ3n) is 14.9. The summed E-state index contributed by atoms with van der Waals surface area (Å²) in [6, 6.07) is 24.3. The summed E-state index contributed by atoms with van der Waals surface area (Å²) in [7, 11) is 4.15. The van der Waals surface area contributed by atoms with Crippen LogP contribution in [0.2, 0.25) is 0 Å². The van der Waals surface area contributed by atoms with Crippen molar-refractivity contribution in [2.45, 2.75) is 25.7 Å². The summed E-state index contributed by atoms with van der Waals surface area (Å²) in [6.07, 6.45) is 10.8. The number of anilines is 10. The van der Waals surface area contributed by atoms with E-state index in [0.29, 0.717) is 68.7 Å². The maximum Gasteiger partial charge on any atom is 0.247 e. The number of carbonyl (C=O) groups excluding carboxylic acids is 2. The zero-order valence-corrected chi connectivity index (χ0v) is 46.0. The topological polar surface area (TPSA) is 203 Å². The number of amides is 2. The van der Waals surface area contributed by atoms with Crippen LogP contribution in [0.3, 0.4) is 0 Å². The van der Waals surface area contributed by atoms with Crippen LogP contribution < -0.4 is 50.3 Å². The normalized spacial score (nSPS) is 15.8. The van der Waals surface area contributed by atoms with Gasteiger partial charge in [0.05, 0.1) is 22.7 Å². The number of hydrogen-bond donors (Lipinski definition) is 6. The van der Waals surface area contributed by atoms with Crippen LogP contribution in [0.25, 0.3) is 22.1 Å². The van der Waals surface area contributed by atoms with Gasteiger partial charge in [-0.15, -0.1) is 0 Å². The van der Waals surface area contributed by atoms with E-state index in [1.54, 1.807) is 60.7 Å². The Hall–Kier alpha value is -9.28. The van der Waals surface area contributed by atoms with E-state index >= 15 is 8.78 Å². The number of nitrogens with one attached hydrogen (secondary N) is 6. The van der Waals surface area contributed by atoms with E-state index < -0.39 is 0 Å². The molecule has 2 amide bonds. The average molecular weight is 1110 g/mol. The fourth-order valence-corrected chi connectivity index (χ4v) is 10.3. The fourth-order valence-electron chi connectivity index (χ4n) is 10.3. The summed E-state index contributed by atoms with van der Waals surface area (Å²) in [6.45, 7) is 17.5. The highest BCUT2D eigenvalue weighted by Gasteiger charge is 2.26. The first-order valence-electron chi connectivity index (χ1n) is 27.6. The molecule has 4 fully saturated rings. The molecule has 4 aromatic heterocycles. The highest BCUT2D eigenvalue weighted by atomic mass is 19.1. The number of halogens is 2. The molecule has 6 N–H and O–H groups in total. The average Bonchev–Trinajstić information content (AvgIpc) is 3.87. The van der Waals surface area contributed by atoms with E-state index in [1.165, 1.54) is 30.7 Å². The molecule has 0 saturated carbocycles. The third-order valence-corrected chi connectivity index (χ3v) is 14.9. The van der Waals surface area contributed by atoms with Gasteiger partial charge in [-0.1, -0.05) is 25.3 Å². The predicted octanol–water partition coefficient (Wildman–Crippen LogP) is 10.2. The summed E-state index contributed by atoms with van der Waals surface area (Å²) in [5.74, 6) is 0.996. The SMILES string of the molecule is C=CC(=O)Nc1cccc(Oc2nc(Nc3ccc(N4CCN(C)CC4)c(F)c3)nc3[nH]cc(N4CCC4)c23)c1.C=CC(=O)Nc1cccc(Oc2nc(Nc3ccc(N4CCN(C)CC4)c(F)c3)nc3[nH]cc(N4CCCCC4)c23)c1. The molecule has 0 aliphatic carbocycles. The molecule has 424 valence electrons. The predicted molar refractivity (Wildman–Crippen MR) is 320 cm³/mol. The number of aromatic amines is 2. The molecule has 0 atom stereocenters. The number of rotatable bonds is 16. The highest BCUT2D eigenvalue weighted by molar-refractivity contribution is 6.00. The Labute approximate surface area is 473 Å². The van der Waals surface area contributed by atoms with Gasteiger partial charge in [-0.3, -0.25) is 9.59 Å². The second kappa shape index (κ2) is 24.6. The van der Waals surface area contributed by atoms with Crippen LogP contribution >= 0.6 is 0 Å². The number of likely N-dealkylation sites (N-methyl/N-ethyl adjacent to an activating group) is 2. The number of piperazine rings is 2. The molecular weight excluding hydrogens is 1050 g/mol. The van der Waals surface area contributed by atoms with Gasteiger partial charge < -0.3 is 70.1 Å². The Morgan fingerprint density at radius 1 is 0.500 bits per heavy atom. The molecule has 0 unspecified atom stereocenters. The quantitative estimate of drug-likeness (QED) is 0.0498. The molecule has 4 aliphatic rings. The van der Waals surface area contributed by atoms with Crippen molar-refractivity contribution in [3.05, 3.63) is 134 Å². The first kappa shape index (κ1) is 54.7. The van der Waals surface area contributed by atoms with Gasteiger partial charge in [-0.25, -0.2) is 8.78 Å². The highest BCUT2D eigenvalue weighted by Crippen LogP contribution is 2.40. The Kier molecular flexibility index (Phi) is 16.4. The number of carbonyl (C=O) groups is 2. The van der Waals surface area contributed by atoms with Gasteiger partial charge in [0.25, 0.3) is 0 Å². The molecule has 4 saturated heterocycles. The van der Waals surface area contributed by atoms with E-state index in [9.17, 15) is 9.59 Å². The minimum absolute atomic E-state index is 0.266. The van der Waals surface area contributed by atoms with Crippen LogP contribution in [0.5, 0.6) is 23.3 Å². The van der Waals surface area contributed by atoms with Gasteiger partial charge in [0.15, 0.2) is 0 Å². The van der Waals surface area contributed by atoms with Crippen molar-refractivity contribution in [3.8, 4) is 23.3 Å². The van der Waals surface area contributed by atoms with Gasteiger partial charge >= 0.3 is 0 Å². The molecule has 4 aliphatic heterocycles. The van der Waals surface area contributed by atoms with Crippen molar-refractivity contribution in [2.75, 3.05) is 133 Å². The van der Waals surface area contributed by atoms with Gasteiger partial charge in [0, 0.05) is 126 Å². The number of nitrogens with zero attached hydrogens (tertiary/aromatic N) is 10. The van der Waals surface area contributed by atoms with Crippen molar-refractivity contribution in [1.29, 1.82) is 0 Å². The number of ether oxygens (including phenoxy) is 2. The maximum absolute atomic E-state index is 15.2. The van der Waals surface area contributed by atoms with E-state index in [1.807, 2.05) is 24.5 Å². The molecular formula is C60H66F2N16O4. The summed E-state index contributed by atoms with van der Waals surface area (Å²) in [4.78, 5) is 62.1. The molecule has 8 aromatic rings. The number of aromatic nitrogens is 6. The van der Waals surface area contributed by atoms with Crippen molar-refractivity contribution < 1.29 is 27.8 Å². The van der Waals surface area contributed by atoms with Crippen molar-refractivity contribution >= 4 is 91.3 Å². The first-order valence-corrected chi connectivity index (χ1v) is 27.6. The Morgan fingerprint density at radius 2 is 0.915 bits per heavy atom. The Morgan fingerprint density at radius 3 is 1.30 bits per heavy atom. The number of H-pyrrole nitrogens is 2. The van der Waals surface area contributed by atoms with Crippen molar-refractivity contribution in [1.82, 2.24) is 39.7 Å². The minimum atomic E-state index is -0.315. The van der Waals surface area contributed by atoms with Crippen LogP contribution in [0, 0.1) is 11.6 Å². The van der Waals surface area contributed by atoms with E-state index in [0.717, 1.165) is 120 Å². The molecule has 22 heteroatoms. The third kappa shape index (κ3) is 12.7. The lowest BCUT2D eigenvalue weighted by Crippen LogP contribution is -2.44. The summed E-state index contributed by atoms with van der Waals surface area (Å²) in [5, 5.41) is 13.3. The van der Waals surface area contributed by atoms with Crippen LogP contribution in [0.1, 0.15) is 25.7 Å². The van der Waals surface area contributed by atoms with E-state index in [-0.39, 0.29) is 35.3 Å². The molecule has 0 radical (unpaired) electrons. The zero-order chi connectivity index (χ0) is 56.7. The lowest BCUT2D eigenvalue weighted by atomic mass is 10.1. The maximum atomic E-state index is 15.2. The van der Waals surface area contributed by atoms with Gasteiger partial charge in [0.1, 0.15) is 45.2 Å². The summed E-state index contributed by atoms with van der Waals surface area (Å²) in [5.41, 5.74) is 6.53. The van der Waals surface area contributed by atoms with E-state index in [2.05, 4.69) is 97.9 Å². The minimum Gasteiger partial charge on any atom is -0.438 e. The lowest BCUT2D eigenvalue weighted by molar-refractivity contribution is -0.112. The van der Waals surface area contributed by atoms with Crippen LogP contribution in [0.15, 0.2) is 123 Å². The molecule has 8 heterocycles. The number of piperidine rings is 1. The second-order valence-electron chi connectivity index (χ2n) is 20.7. The molecule has 0 bridgehead atoms. The summed E-state index contributed by atoms with van der Waals surface area (Å²) < 4.78 is 43.0. The molecule has 12 rings (SSSR count). The largest absolute Gasteiger partial charge is 0.438 e. The molecule has 82 heavy (non-hydrogen) atoms. The van der Waals surface area contributed by atoms with Crippen LogP contribution in [-0.4, -0.2) is 144 Å². The number of fused-ring (bicyclic) bond motifs is 2. The van der Waals surface area contributed by atoms with Crippen LogP contribution in [0.4, 0.5) is 66.2 Å². The second-order valence-corrected chi connectivity index (χ2v) is 20.7.